The molecule has 0 aromatic heterocycles. The van der Waals surface area contributed by atoms with Crippen LogP contribution in [0.3, 0.4) is 0 Å². The molecule has 0 spiro atoms. The van der Waals surface area contributed by atoms with E-state index in [-0.39, 0.29) is 0 Å². The molecule has 0 radical (unpaired) electrons. The van der Waals surface area contributed by atoms with Crippen molar-refractivity contribution in [3.63, 3.8) is 0 Å². The van der Waals surface area contributed by atoms with Gasteiger partial charge in [0.15, 0.2) is 0 Å². The first-order valence-electron chi connectivity index (χ1n) is 6.09. The van der Waals surface area contributed by atoms with Gasteiger partial charge in [-0.05, 0) is 36.3 Å². The lowest BCUT2D eigenvalue weighted by Gasteiger charge is -2.01. The Labute approximate surface area is 118 Å². The lowest BCUT2D eigenvalue weighted by atomic mass is 10.0. The Balaban J connectivity index is 2.18. The Hall–Kier alpha value is -2.04. The van der Waals surface area contributed by atoms with Crippen LogP contribution in [0.15, 0.2) is 54.1 Å². The second-order valence-corrected chi connectivity index (χ2v) is 4.93. The molecule has 94 valence electrons. The standard InChI is InChI=1S/C17H14ClN/c1-13-2-4-14(5-3-13)10-16(12-19)11-15-6-8-17(18)9-7-15/h2-9,11H,10H2,1H3/b16-11+. The summed E-state index contributed by atoms with van der Waals surface area (Å²) >= 11 is 5.84. The van der Waals surface area contributed by atoms with E-state index in [2.05, 4.69) is 37.3 Å². The van der Waals surface area contributed by atoms with E-state index < -0.39 is 0 Å². The maximum absolute atomic E-state index is 9.21. The number of nitriles is 1. The van der Waals surface area contributed by atoms with Crippen LogP contribution in [0, 0.1) is 18.3 Å². The molecular formula is C17H14ClN. The van der Waals surface area contributed by atoms with Gasteiger partial charge < -0.3 is 0 Å². The summed E-state index contributed by atoms with van der Waals surface area (Å²) in [5, 5.41) is 9.92. The molecule has 2 heteroatoms. The molecule has 19 heavy (non-hydrogen) atoms. The molecule has 2 rings (SSSR count). The van der Waals surface area contributed by atoms with Gasteiger partial charge in [0.1, 0.15) is 0 Å². The van der Waals surface area contributed by atoms with Gasteiger partial charge in [-0.1, -0.05) is 53.6 Å². The van der Waals surface area contributed by atoms with Gasteiger partial charge in [0, 0.05) is 17.0 Å². The second kappa shape index (κ2) is 6.22. The molecule has 0 N–H and O–H groups in total. The summed E-state index contributed by atoms with van der Waals surface area (Å²) in [5.41, 5.74) is 4.11. The summed E-state index contributed by atoms with van der Waals surface area (Å²) in [4.78, 5) is 0. The molecule has 0 fully saturated rings. The van der Waals surface area contributed by atoms with E-state index in [4.69, 9.17) is 11.6 Å². The maximum Gasteiger partial charge on any atom is 0.0950 e. The molecular weight excluding hydrogens is 254 g/mol. The van der Waals surface area contributed by atoms with E-state index in [1.165, 1.54) is 5.56 Å². The van der Waals surface area contributed by atoms with Crippen molar-refractivity contribution < 1.29 is 0 Å². The molecule has 0 aliphatic heterocycles. The molecule has 0 atom stereocenters. The van der Waals surface area contributed by atoms with Crippen molar-refractivity contribution in [2.24, 2.45) is 0 Å². The molecule has 2 aromatic rings. The van der Waals surface area contributed by atoms with Crippen molar-refractivity contribution in [3.8, 4) is 6.07 Å². The van der Waals surface area contributed by atoms with Gasteiger partial charge in [-0.2, -0.15) is 5.26 Å². The smallest absolute Gasteiger partial charge is 0.0950 e. The van der Waals surface area contributed by atoms with Crippen LogP contribution in [0.5, 0.6) is 0 Å². The third-order valence-corrected chi connectivity index (χ3v) is 3.12. The first-order chi connectivity index (χ1) is 9.17. The summed E-state index contributed by atoms with van der Waals surface area (Å²) in [6, 6.07) is 18.0. The Morgan fingerprint density at radius 2 is 1.74 bits per heavy atom. The van der Waals surface area contributed by atoms with Crippen molar-refractivity contribution in [1.29, 1.82) is 5.26 Å². The highest BCUT2D eigenvalue weighted by molar-refractivity contribution is 6.30. The lowest BCUT2D eigenvalue weighted by molar-refractivity contribution is 1.20. The molecule has 0 bridgehead atoms. The first-order valence-corrected chi connectivity index (χ1v) is 6.47. The van der Waals surface area contributed by atoms with Crippen LogP contribution >= 0.6 is 11.6 Å². The average Bonchev–Trinajstić information content (AvgIpc) is 2.43. The Morgan fingerprint density at radius 1 is 1.11 bits per heavy atom. The summed E-state index contributed by atoms with van der Waals surface area (Å²) in [6.07, 6.45) is 2.55. The van der Waals surface area contributed by atoms with Gasteiger partial charge in [0.2, 0.25) is 0 Å². The minimum absolute atomic E-state index is 0.652. The summed E-state index contributed by atoms with van der Waals surface area (Å²) in [7, 11) is 0. The second-order valence-electron chi connectivity index (χ2n) is 4.50. The fourth-order valence-corrected chi connectivity index (χ4v) is 1.93. The third kappa shape index (κ3) is 3.98. The van der Waals surface area contributed by atoms with Crippen LogP contribution in [-0.2, 0) is 6.42 Å². The van der Waals surface area contributed by atoms with E-state index in [0.29, 0.717) is 11.4 Å². The topological polar surface area (TPSA) is 23.8 Å². The third-order valence-electron chi connectivity index (χ3n) is 2.87. The van der Waals surface area contributed by atoms with Crippen molar-refractivity contribution in [3.05, 3.63) is 75.8 Å². The zero-order valence-electron chi connectivity index (χ0n) is 10.7. The van der Waals surface area contributed by atoms with Crippen LogP contribution in [0.25, 0.3) is 6.08 Å². The largest absolute Gasteiger partial charge is 0.193 e. The first kappa shape index (κ1) is 13.4. The quantitative estimate of drug-likeness (QED) is 0.733. The Bertz CT molecular complexity index is 616. The maximum atomic E-state index is 9.21. The lowest BCUT2D eigenvalue weighted by Crippen LogP contribution is -1.88. The predicted octanol–water partition coefficient (Wildman–Crippen LogP) is 4.80. The molecule has 0 unspecified atom stereocenters. The SMILES string of the molecule is Cc1ccc(C/C(C#N)=C\c2ccc(Cl)cc2)cc1. The normalized spacial score (nSPS) is 11.1. The number of halogens is 1. The zero-order chi connectivity index (χ0) is 13.7. The van der Waals surface area contributed by atoms with Gasteiger partial charge in [-0.3, -0.25) is 0 Å². The van der Waals surface area contributed by atoms with Crippen LogP contribution in [0.2, 0.25) is 5.02 Å². The fourth-order valence-electron chi connectivity index (χ4n) is 1.81. The highest BCUT2D eigenvalue weighted by Crippen LogP contribution is 2.15. The molecule has 0 saturated heterocycles. The zero-order valence-corrected chi connectivity index (χ0v) is 11.5. The number of aryl methyl sites for hydroxylation is 1. The van der Waals surface area contributed by atoms with Gasteiger partial charge in [0.25, 0.3) is 0 Å². The van der Waals surface area contributed by atoms with Crippen molar-refractivity contribution >= 4 is 17.7 Å². The van der Waals surface area contributed by atoms with Crippen molar-refractivity contribution in [1.82, 2.24) is 0 Å². The van der Waals surface area contributed by atoms with E-state index in [9.17, 15) is 5.26 Å². The van der Waals surface area contributed by atoms with Crippen LogP contribution in [0.1, 0.15) is 16.7 Å². The van der Waals surface area contributed by atoms with Gasteiger partial charge in [0.05, 0.1) is 6.07 Å². The summed E-state index contributed by atoms with van der Waals surface area (Å²) in [6.45, 7) is 2.05. The highest BCUT2D eigenvalue weighted by atomic mass is 35.5. The number of hydrogen-bond acceptors (Lipinski definition) is 1. The fraction of sp³-hybridized carbons (Fsp3) is 0.118. The molecule has 0 aliphatic rings. The van der Waals surface area contributed by atoms with Crippen LogP contribution < -0.4 is 0 Å². The number of nitrogens with zero attached hydrogens (tertiary/aromatic N) is 1. The number of hydrogen-bond donors (Lipinski definition) is 0. The van der Waals surface area contributed by atoms with Crippen LogP contribution in [0.4, 0.5) is 0 Å². The molecule has 0 saturated carbocycles. The van der Waals surface area contributed by atoms with E-state index >= 15 is 0 Å². The van der Waals surface area contributed by atoms with Gasteiger partial charge in [-0.15, -0.1) is 0 Å². The number of benzene rings is 2. The Morgan fingerprint density at radius 3 is 2.32 bits per heavy atom. The molecule has 1 nitrogen and oxygen atoms in total. The molecule has 0 heterocycles. The summed E-state index contributed by atoms with van der Waals surface area (Å²) < 4.78 is 0. The predicted molar refractivity (Wildman–Crippen MR) is 79.9 cm³/mol. The number of allylic oxidation sites excluding steroid dienone is 1. The molecule has 2 aromatic carbocycles. The number of rotatable bonds is 3. The molecule has 0 aliphatic carbocycles. The van der Waals surface area contributed by atoms with E-state index in [0.717, 1.165) is 16.7 Å². The van der Waals surface area contributed by atoms with Crippen molar-refractivity contribution in [2.75, 3.05) is 0 Å². The van der Waals surface area contributed by atoms with Gasteiger partial charge >= 0.3 is 0 Å². The average molecular weight is 268 g/mol. The highest BCUT2D eigenvalue weighted by Gasteiger charge is 2.00. The van der Waals surface area contributed by atoms with Crippen LogP contribution in [-0.4, -0.2) is 0 Å². The minimum Gasteiger partial charge on any atom is -0.193 e. The summed E-state index contributed by atoms with van der Waals surface area (Å²) in [5.74, 6) is 0. The van der Waals surface area contributed by atoms with E-state index in [1.807, 2.05) is 30.3 Å². The Kier molecular flexibility index (Phi) is 4.39. The van der Waals surface area contributed by atoms with Crippen molar-refractivity contribution in [2.45, 2.75) is 13.3 Å². The molecule has 0 amide bonds. The van der Waals surface area contributed by atoms with E-state index in [1.54, 1.807) is 0 Å². The monoisotopic (exact) mass is 267 g/mol. The van der Waals surface area contributed by atoms with Gasteiger partial charge in [-0.25, -0.2) is 0 Å². The minimum atomic E-state index is 0.652.